The van der Waals surface area contributed by atoms with Crippen LogP contribution in [0.25, 0.3) is 0 Å². The first-order valence-corrected chi connectivity index (χ1v) is 7.03. The lowest BCUT2D eigenvalue weighted by molar-refractivity contribution is -0.126. The lowest BCUT2D eigenvalue weighted by Crippen LogP contribution is -2.28. The highest BCUT2D eigenvalue weighted by Gasteiger charge is 2.22. The van der Waals surface area contributed by atoms with Crippen LogP contribution in [0.5, 0.6) is 0 Å². The molecular formula is C16H21FO2. The van der Waals surface area contributed by atoms with Crippen LogP contribution in [0.4, 0.5) is 4.39 Å². The van der Waals surface area contributed by atoms with E-state index in [0.29, 0.717) is 11.5 Å². The van der Waals surface area contributed by atoms with Gasteiger partial charge in [-0.2, -0.15) is 0 Å². The van der Waals surface area contributed by atoms with Crippen molar-refractivity contribution >= 4 is 5.78 Å². The Hall–Kier alpha value is -1.22. The van der Waals surface area contributed by atoms with Crippen molar-refractivity contribution in [2.75, 3.05) is 6.61 Å². The zero-order valence-electron chi connectivity index (χ0n) is 11.4. The first kappa shape index (κ1) is 14.2. The minimum atomic E-state index is -0.318. The van der Waals surface area contributed by atoms with Gasteiger partial charge in [0.1, 0.15) is 12.4 Å². The monoisotopic (exact) mass is 264 g/mol. The number of halogens is 1. The van der Waals surface area contributed by atoms with Gasteiger partial charge in [-0.05, 0) is 30.4 Å². The van der Waals surface area contributed by atoms with E-state index in [9.17, 15) is 9.18 Å². The summed E-state index contributed by atoms with van der Waals surface area (Å²) in [5.74, 6) is 0.153. The maximum absolute atomic E-state index is 13.4. The van der Waals surface area contributed by atoms with Crippen molar-refractivity contribution in [2.45, 2.75) is 45.1 Å². The van der Waals surface area contributed by atoms with Crippen LogP contribution in [0.2, 0.25) is 0 Å². The maximum Gasteiger partial charge on any atom is 0.162 e. The van der Waals surface area contributed by atoms with Crippen LogP contribution in [0.3, 0.4) is 0 Å². The van der Waals surface area contributed by atoms with Gasteiger partial charge in [0, 0.05) is 6.42 Å². The topological polar surface area (TPSA) is 26.3 Å². The van der Waals surface area contributed by atoms with E-state index < -0.39 is 0 Å². The highest BCUT2D eigenvalue weighted by Crippen LogP contribution is 2.26. The van der Waals surface area contributed by atoms with Gasteiger partial charge in [0.05, 0.1) is 6.10 Å². The van der Waals surface area contributed by atoms with Crippen molar-refractivity contribution in [3.8, 4) is 0 Å². The minimum absolute atomic E-state index is 0.0529. The summed E-state index contributed by atoms with van der Waals surface area (Å²) in [7, 11) is 0. The fourth-order valence-electron chi connectivity index (χ4n) is 2.64. The fourth-order valence-corrected chi connectivity index (χ4v) is 2.64. The number of hydrogen-bond donors (Lipinski definition) is 0. The Morgan fingerprint density at radius 1 is 1.32 bits per heavy atom. The molecule has 1 aromatic carbocycles. The number of carbonyl (C=O) groups excluding carboxylic acids is 1. The van der Waals surface area contributed by atoms with Crippen molar-refractivity contribution in [3.05, 3.63) is 35.6 Å². The van der Waals surface area contributed by atoms with E-state index in [0.717, 1.165) is 6.42 Å². The molecule has 2 atom stereocenters. The minimum Gasteiger partial charge on any atom is -0.370 e. The van der Waals surface area contributed by atoms with Crippen LogP contribution >= 0.6 is 0 Å². The van der Waals surface area contributed by atoms with Gasteiger partial charge in [-0.25, -0.2) is 4.39 Å². The molecule has 0 saturated heterocycles. The maximum atomic E-state index is 13.4. The molecule has 0 spiro atoms. The standard InChI is InChI=1S/C16H21FO2/c1-12-6-2-5-9-16(12)19-11-14(18)10-13-7-3-4-8-15(13)17/h3-4,7-8,12,16H,2,5-6,9-11H2,1H3. The zero-order valence-corrected chi connectivity index (χ0v) is 11.4. The van der Waals surface area contributed by atoms with Crippen LogP contribution in [0, 0.1) is 11.7 Å². The molecule has 0 amide bonds. The van der Waals surface area contributed by atoms with E-state index in [4.69, 9.17) is 4.74 Å². The van der Waals surface area contributed by atoms with E-state index in [2.05, 4.69) is 6.92 Å². The lowest BCUT2D eigenvalue weighted by Gasteiger charge is -2.28. The molecule has 0 aliphatic heterocycles. The largest absolute Gasteiger partial charge is 0.370 e. The van der Waals surface area contributed by atoms with Crippen molar-refractivity contribution in [1.29, 1.82) is 0 Å². The fraction of sp³-hybridized carbons (Fsp3) is 0.562. The molecule has 1 aromatic rings. The van der Waals surface area contributed by atoms with Crippen LogP contribution in [-0.2, 0) is 16.0 Å². The Labute approximate surface area is 114 Å². The number of hydrogen-bond acceptors (Lipinski definition) is 2. The van der Waals surface area contributed by atoms with Gasteiger partial charge in [0.2, 0.25) is 0 Å². The van der Waals surface area contributed by atoms with Crippen LogP contribution in [0.1, 0.15) is 38.2 Å². The van der Waals surface area contributed by atoms with Crippen molar-refractivity contribution < 1.29 is 13.9 Å². The van der Waals surface area contributed by atoms with Crippen molar-refractivity contribution in [1.82, 2.24) is 0 Å². The van der Waals surface area contributed by atoms with E-state index >= 15 is 0 Å². The first-order chi connectivity index (χ1) is 9.16. The molecule has 1 aliphatic carbocycles. The van der Waals surface area contributed by atoms with Gasteiger partial charge >= 0.3 is 0 Å². The highest BCUT2D eigenvalue weighted by atomic mass is 19.1. The van der Waals surface area contributed by atoms with E-state index in [-0.39, 0.29) is 30.7 Å². The molecule has 2 unspecified atom stereocenters. The predicted octanol–water partition coefficient (Wildman–Crippen LogP) is 3.53. The average molecular weight is 264 g/mol. The lowest BCUT2D eigenvalue weighted by atomic mass is 9.88. The van der Waals surface area contributed by atoms with Gasteiger partial charge < -0.3 is 4.74 Å². The van der Waals surface area contributed by atoms with E-state index in [1.165, 1.54) is 25.3 Å². The first-order valence-electron chi connectivity index (χ1n) is 7.03. The summed E-state index contributed by atoms with van der Waals surface area (Å²) in [6, 6.07) is 6.41. The second-order valence-corrected chi connectivity index (χ2v) is 5.42. The van der Waals surface area contributed by atoms with E-state index in [1.54, 1.807) is 18.2 Å². The number of rotatable bonds is 5. The molecule has 1 fully saturated rings. The molecule has 3 heteroatoms. The molecular weight excluding hydrogens is 243 g/mol. The molecule has 1 aliphatic rings. The molecule has 2 nitrogen and oxygen atoms in total. The number of Topliss-reactive ketones (excluding diaryl/α,β-unsaturated/α-hetero) is 1. The van der Waals surface area contributed by atoms with Gasteiger partial charge in [-0.15, -0.1) is 0 Å². The number of carbonyl (C=O) groups is 1. The van der Waals surface area contributed by atoms with Crippen molar-refractivity contribution in [3.63, 3.8) is 0 Å². The molecule has 1 saturated carbocycles. The van der Waals surface area contributed by atoms with Crippen LogP contribution in [0.15, 0.2) is 24.3 Å². The molecule has 0 bridgehead atoms. The summed E-state index contributed by atoms with van der Waals surface area (Å²) < 4.78 is 19.1. The van der Waals surface area contributed by atoms with Crippen LogP contribution < -0.4 is 0 Å². The summed E-state index contributed by atoms with van der Waals surface area (Å²) in [6.45, 7) is 2.27. The summed E-state index contributed by atoms with van der Waals surface area (Å²) >= 11 is 0. The third-order valence-electron chi connectivity index (χ3n) is 3.84. The average Bonchev–Trinajstić information content (AvgIpc) is 2.40. The molecule has 0 aromatic heterocycles. The SMILES string of the molecule is CC1CCCCC1OCC(=O)Cc1ccccc1F. The molecule has 2 rings (SSSR count). The number of ketones is 1. The van der Waals surface area contributed by atoms with Gasteiger partial charge in [-0.3, -0.25) is 4.79 Å². The summed E-state index contributed by atoms with van der Waals surface area (Å²) in [5, 5.41) is 0. The Bertz CT molecular complexity index is 431. The normalized spacial score (nSPS) is 23.3. The molecule has 104 valence electrons. The molecule has 0 radical (unpaired) electrons. The third kappa shape index (κ3) is 4.13. The summed E-state index contributed by atoms with van der Waals surface area (Å²) in [5.41, 5.74) is 0.452. The third-order valence-corrected chi connectivity index (χ3v) is 3.84. The molecule has 0 N–H and O–H groups in total. The summed E-state index contributed by atoms with van der Waals surface area (Å²) in [4.78, 5) is 11.8. The predicted molar refractivity (Wildman–Crippen MR) is 72.5 cm³/mol. The quantitative estimate of drug-likeness (QED) is 0.813. The summed E-state index contributed by atoms with van der Waals surface area (Å²) in [6.07, 6.45) is 4.95. The number of ether oxygens (including phenoxy) is 1. The Morgan fingerprint density at radius 2 is 2.05 bits per heavy atom. The second-order valence-electron chi connectivity index (χ2n) is 5.42. The van der Waals surface area contributed by atoms with Gasteiger partial charge in [0.15, 0.2) is 5.78 Å². The smallest absolute Gasteiger partial charge is 0.162 e. The molecule has 0 heterocycles. The van der Waals surface area contributed by atoms with Crippen molar-refractivity contribution in [2.24, 2.45) is 5.92 Å². The zero-order chi connectivity index (χ0) is 13.7. The van der Waals surface area contributed by atoms with Crippen LogP contribution in [-0.4, -0.2) is 18.5 Å². The van der Waals surface area contributed by atoms with Gasteiger partial charge in [-0.1, -0.05) is 38.0 Å². The Morgan fingerprint density at radius 3 is 2.79 bits per heavy atom. The number of benzene rings is 1. The van der Waals surface area contributed by atoms with E-state index in [1.807, 2.05) is 0 Å². The van der Waals surface area contributed by atoms with Gasteiger partial charge in [0.25, 0.3) is 0 Å². The Kier molecular flexibility index (Phi) is 5.08. The Balaban J connectivity index is 1.80. The second kappa shape index (κ2) is 6.80. The molecule has 19 heavy (non-hydrogen) atoms. The highest BCUT2D eigenvalue weighted by molar-refractivity contribution is 5.82.